The molecule has 0 unspecified atom stereocenters. The second-order valence-corrected chi connectivity index (χ2v) is 9.64. The Hall–Kier alpha value is -2.27. The van der Waals surface area contributed by atoms with Crippen molar-refractivity contribution < 1.29 is 4.74 Å². The van der Waals surface area contributed by atoms with Gasteiger partial charge in [-0.2, -0.15) is 5.10 Å². The topological polar surface area (TPSA) is 53.7 Å². The average molecular weight is 422 g/mol. The maximum atomic E-state index is 6.11. The molecule has 0 bridgehead atoms. The van der Waals surface area contributed by atoms with E-state index in [1.165, 1.54) is 67.9 Å². The molecule has 5 heteroatoms. The van der Waals surface area contributed by atoms with E-state index in [2.05, 4.69) is 50.9 Å². The normalized spacial score (nSPS) is 16.5. The van der Waals surface area contributed by atoms with Crippen molar-refractivity contribution in [3.63, 3.8) is 0 Å². The standard InChI is InChI=1S/C25H31N3OS/c1-2-4-6-9-18(8-5-3-1)10-7-14-29-20-11-12-21-19(16-20)17-23(26-21)24-25-22(27-28-24)13-15-30-25/h11-13,15-18,26H,1-10,14H2,(H,27,28). The minimum absolute atomic E-state index is 0.814. The summed E-state index contributed by atoms with van der Waals surface area (Å²) in [6.07, 6.45) is 13.9. The molecule has 1 fully saturated rings. The second kappa shape index (κ2) is 9.25. The Balaban J connectivity index is 1.19. The Kier molecular flexibility index (Phi) is 6.07. The number of aromatic nitrogens is 3. The summed E-state index contributed by atoms with van der Waals surface area (Å²) >= 11 is 1.72. The molecule has 0 radical (unpaired) electrons. The molecule has 0 aliphatic heterocycles. The van der Waals surface area contributed by atoms with Gasteiger partial charge in [-0.15, -0.1) is 11.3 Å². The maximum Gasteiger partial charge on any atom is 0.126 e. The quantitative estimate of drug-likeness (QED) is 0.314. The van der Waals surface area contributed by atoms with Crippen molar-refractivity contribution in [1.29, 1.82) is 0 Å². The van der Waals surface area contributed by atoms with E-state index in [4.69, 9.17) is 4.74 Å². The minimum atomic E-state index is 0.814. The van der Waals surface area contributed by atoms with Crippen LogP contribution in [0.5, 0.6) is 5.75 Å². The van der Waals surface area contributed by atoms with Crippen molar-refractivity contribution >= 4 is 32.5 Å². The molecule has 4 aromatic rings. The Morgan fingerprint density at radius 1 is 0.967 bits per heavy atom. The van der Waals surface area contributed by atoms with Gasteiger partial charge in [0.15, 0.2) is 0 Å². The highest BCUT2D eigenvalue weighted by Crippen LogP contribution is 2.33. The Labute approximate surface area is 182 Å². The molecule has 2 N–H and O–H groups in total. The van der Waals surface area contributed by atoms with Crippen LogP contribution in [0.4, 0.5) is 0 Å². The first-order chi connectivity index (χ1) is 14.9. The molecule has 3 aromatic heterocycles. The van der Waals surface area contributed by atoms with Crippen LogP contribution in [0.15, 0.2) is 35.7 Å². The van der Waals surface area contributed by atoms with Crippen LogP contribution in [-0.4, -0.2) is 21.8 Å². The molecule has 4 nitrogen and oxygen atoms in total. The van der Waals surface area contributed by atoms with E-state index in [0.717, 1.165) is 47.1 Å². The lowest BCUT2D eigenvalue weighted by Crippen LogP contribution is -2.04. The Bertz CT molecular complexity index is 1080. The van der Waals surface area contributed by atoms with Crippen molar-refractivity contribution in [2.45, 2.75) is 64.2 Å². The zero-order chi connectivity index (χ0) is 20.2. The molecular formula is C25H31N3OS. The van der Waals surface area contributed by atoms with Gasteiger partial charge in [-0.3, -0.25) is 5.10 Å². The zero-order valence-electron chi connectivity index (χ0n) is 17.6. The van der Waals surface area contributed by atoms with Gasteiger partial charge in [-0.05, 0) is 54.5 Å². The van der Waals surface area contributed by atoms with Gasteiger partial charge in [0.2, 0.25) is 0 Å². The van der Waals surface area contributed by atoms with Crippen molar-refractivity contribution in [3.8, 4) is 17.1 Å². The van der Waals surface area contributed by atoms with E-state index in [1.807, 2.05) is 0 Å². The van der Waals surface area contributed by atoms with Crippen LogP contribution >= 0.6 is 11.3 Å². The van der Waals surface area contributed by atoms with Crippen molar-refractivity contribution in [2.75, 3.05) is 6.61 Å². The summed E-state index contributed by atoms with van der Waals surface area (Å²) < 4.78 is 7.31. The third-order valence-electron chi connectivity index (χ3n) is 6.52. The number of nitrogens with zero attached hydrogens (tertiary/aromatic N) is 1. The molecule has 1 aliphatic rings. The first kappa shape index (κ1) is 19.7. The molecule has 0 atom stereocenters. The fraction of sp³-hybridized carbons (Fsp3) is 0.480. The van der Waals surface area contributed by atoms with E-state index < -0.39 is 0 Å². The fourth-order valence-corrected chi connectivity index (χ4v) is 5.67. The third kappa shape index (κ3) is 4.41. The Morgan fingerprint density at radius 2 is 1.80 bits per heavy atom. The molecule has 0 amide bonds. The number of hydrogen-bond acceptors (Lipinski definition) is 3. The van der Waals surface area contributed by atoms with Crippen LogP contribution in [0.1, 0.15) is 64.2 Å². The van der Waals surface area contributed by atoms with Gasteiger partial charge in [0.25, 0.3) is 0 Å². The number of H-pyrrole nitrogens is 2. The molecule has 158 valence electrons. The number of thiophene rings is 1. The van der Waals surface area contributed by atoms with Gasteiger partial charge < -0.3 is 9.72 Å². The summed E-state index contributed by atoms with van der Waals surface area (Å²) in [5, 5.41) is 10.9. The lowest BCUT2D eigenvalue weighted by molar-refractivity contribution is 0.282. The van der Waals surface area contributed by atoms with Crippen LogP contribution in [0.3, 0.4) is 0 Å². The fourth-order valence-electron chi connectivity index (χ4n) is 4.83. The van der Waals surface area contributed by atoms with Crippen molar-refractivity contribution in [2.24, 2.45) is 5.92 Å². The lowest BCUT2D eigenvalue weighted by Gasteiger charge is -2.15. The van der Waals surface area contributed by atoms with E-state index in [-0.39, 0.29) is 0 Å². The first-order valence-corrected chi connectivity index (χ1v) is 12.4. The molecule has 30 heavy (non-hydrogen) atoms. The summed E-state index contributed by atoms with van der Waals surface area (Å²) in [6.45, 7) is 0.814. The molecule has 0 saturated heterocycles. The first-order valence-electron chi connectivity index (χ1n) is 11.5. The van der Waals surface area contributed by atoms with Gasteiger partial charge in [0.1, 0.15) is 11.4 Å². The molecule has 1 aliphatic carbocycles. The molecule has 3 heterocycles. The number of ether oxygens (including phenoxy) is 1. The van der Waals surface area contributed by atoms with Gasteiger partial charge in [-0.1, -0.05) is 51.4 Å². The summed E-state index contributed by atoms with van der Waals surface area (Å²) in [4.78, 5) is 3.50. The predicted octanol–water partition coefficient (Wildman–Crippen LogP) is 7.68. The number of fused-ring (bicyclic) bond motifs is 2. The number of benzene rings is 1. The summed E-state index contributed by atoms with van der Waals surface area (Å²) in [5.74, 6) is 1.87. The molecular weight excluding hydrogens is 390 g/mol. The van der Waals surface area contributed by atoms with Crippen molar-refractivity contribution in [3.05, 3.63) is 35.7 Å². The largest absolute Gasteiger partial charge is 0.494 e. The number of rotatable bonds is 6. The third-order valence-corrected chi connectivity index (χ3v) is 7.44. The number of nitrogens with one attached hydrogen (secondary N) is 2. The zero-order valence-corrected chi connectivity index (χ0v) is 18.4. The molecule has 5 rings (SSSR count). The minimum Gasteiger partial charge on any atom is -0.494 e. The Morgan fingerprint density at radius 3 is 2.67 bits per heavy atom. The van der Waals surface area contributed by atoms with Crippen LogP contribution < -0.4 is 4.74 Å². The highest BCUT2D eigenvalue weighted by molar-refractivity contribution is 7.17. The number of aromatic amines is 2. The maximum absolute atomic E-state index is 6.11. The van der Waals surface area contributed by atoms with Crippen LogP contribution in [-0.2, 0) is 0 Å². The van der Waals surface area contributed by atoms with Gasteiger partial charge in [0.05, 0.1) is 22.5 Å². The highest BCUT2D eigenvalue weighted by Gasteiger charge is 2.13. The number of hydrogen-bond donors (Lipinski definition) is 2. The molecule has 1 aromatic carbocycles. The monoisotopic (exact) mass is 421 g/mol. The average Bonchev–Trinajstić information content (AvgIpc) is 3.47. The summed E-state index contributed by atoms with van der Waals surface area (Å²) in [6, 6.07) is 10.6. The van der Waals surface area contributed by atoms with Crippen LogP contribution in [0.25, 0.3) is 32.5 Å². The van der Waals surface area contributed by atoms with Crippen LogP contribution in [0, 0.1) is 5.92 Å². The predicted molar refractivity (Wildman–Crippen MR) is 126 cm³/mol. The van der Waals surface area contributed by atoms with Gasteiger partial charge in [0, 0.05) is 10.9 Å². The second-order valence-electron chi connectivity index (χ2n) is 8.72. The van der Waals surface area contributed by atoms with Crippen LogP contribution in [0.2, 0.25) is 0 Å². The van der Waals surface area contributed by atoms with E-state index >= 15 is 0 Å². The van der Waals surface area contributed by atoms with E-state index in [0.29, 0.717) is 0 Å². The van der Waals surface area contributed by atoms with E-state index in [1.54, 1.807) is 11.3 Å². The molecule has 1 saturated carbocycles. The van der Waals surface area contributed by atoms with Gasteiger partial charge in [-0.25, -0.2) is 0 Å². The molecule has 0 spiro atoms. The summed E-state index contributed by atoms with van der Waals surface area (Å²) in [5.41, 5.74) is 4.26. The summed E-state index contributed by atoms with van der Waals surface area (Å²) in [7, 11) is 0. The van der Waals surface area contributed by atoms with Gasteiger partial charge >= 0.3 is 0 Å². The van der Waals surface area contributed by atoms with Crippen molar-refractivity contribution in [1.82, 2.24) is 15.2 Å². The lowest BCUT2D eigenvalue weighted by atomic mass is 9.92. The SMILES string of the molecule is c1cc2[nH]nc(-c3cc4cc(OCCCC5CCCCCCCC5)ccc4[nH]3)c2s1. The highest BCUT2D eigenvalue weighted by atomic mass is 32.1. The van der Waals surface area contributed by atoms with E-state index in [9.17, 15) is 0 Å². The smallest absolute Gasteiger partial charge is 0.126 e.